The smallest absolute Gasteiger partial charge is 0.309 e. The van der Waals surface area contributed by atoms with Crippen molar-refractivity contribution < 1.29 is 73.8 Å². The van der Waals surface area contributed by atoms with Crippen LogP contribution < -0.4 is 4.18 Å². The maximum Gasteiger partial charge on any atom is 0.309 e. The van der Waals surface area contributed by atoms with Crippen LogP contribution in [0.5, 0.6) is 5.75 Å². The number of para-hydroxylation sites is 1. The zero-order valence-corrected chi connectivity index (χ0v) is 21.9. The molecule has 0 amide bonds. The van der Waals surface area contributed by atoms with Crippen LogP contribution in [0.1, 0.15) is 71.1 Å². The van der Waals surface area contributed by atoms with E-state index in [-0.39, 0.29) is 67.0 Å². The number of hydrogen-bond donors (Lipinski definition) is 0. The average Bonchev–Trinajstić information content (AvgIpc) is 2.49. The third-order valence-corrected chi connectivity index (χ3v) is 4.95. The van der Waals surface area contributed by atoms with Gasteiger partial charge in [0.05, 0.1) is 5.75 Å². The van der Waals surface area contributed by atoms with Crippen molar-refractivity contribution in [2.45, 2.75) is 71.1 Å². The molecule has 0 saturated carbocycles. The van der Waals surface area contributed by atoms with Crippen LogP contribution >= 0.6 is 0 Å². The monoisotopic (exact) mass is 530 g/mol. The Morgan fingerprint density at radius 1 is 0.792 bits per heavy atom. The van der Waals surface area contributed by atoms with E-state index in [4.69, 9.17) is 4.18 Å². The van der Waals surface area contributed by atoms with Gasteiger partial charge >= 0.3 is 10.1 Å². The SMILES string of the molecule is CCCCCCCCCCCCS(=O)(=O)Oc1ccccc1.[Ce].[Zn]. The van der Waals surface area contributed by atoms with Gasteiger partial charge in [0.15, 0.2) is 0 Å². The van der Waals surface area contributed by atoms with Gasteiger partial charge in [-0.05, 0) is 18.6 Å². The van der Waals surface area contributed by atoms with Gasteiger partial charge < -0.3 is 4.18 Å². The van der Waals surface area contributed by atoms with Crippen LogP contribution in [0.15, 0.2) is 30.3 Å². The summed E-state index contributed by atoms with van der Waals surface area (Å²) in [7, 11) is -3.44. The molecule has 0 fully saturated rings. The maximum absolute atomic E-state index is 11.8. The first-order valence-corrected chi connectivity index (χ1v) is 10.2. The summed E-state index contributed by atoms with van der Waals surface area (Å²) in [5.74, 6) is 0.507. The van der Waals surface area contributed by atoms with Gasteiger partial charge in [0.1, 0.15) is 5.75 Å². The van der Waals surface area contributed by atoms with E-state index in [0.29, 0.717) is 12.2 Å². The van der Waals surface area contributed by atoms with Crippen LogP contribution in [0.2, 0.25) is 0 Å². The summed E-state index contributed by atoms with van der Waals surface area (Å²) < 4.78 is 28.7. The molecule has 0 spiro atoms. The summed E-state index contributed by atoms with van der Waals surface area (Å²) in [6, 6.07) is 8.70. The Labute approximate surface area is 195 Å². The number of benzene rings is 1. The Kier molecular flexibility index (Phi) is 19.7. The normalized spacial score (nSPS) is 10.5. The van der Waals surface area contributed by atoms with Crippen molar-refractivity contribution in [3.8, 4) is 5.75 Å². The zero-order valence-electron chi connectivity index (χ0n) is 15.0. The molecule has 0 N–H and O–H groups in total. The van der Waals surface area contributed by atoms with E-state index in [2.05, 4.69) is 6.92 Å². The minimum Gasteiger partial charge on any atom is -0.382 e. The summed E-state index contributed by atoms with van der Waals surface area (Å²) in [4.78, 5) is 0. The van der Waals surface area contributed by atoms with E-state index in [1.54, 1.807) is 24.3 Å². The third kappa shape index (κ3) is 15.2. The minimum absolute atomic E-state index is 0. The second-order valence-corrected chi connectivity index (χ2v) is 7.53. The van der Waals surface area contributed by atoms with Gasteiger partial charge in [0.25, 0.3) is 0 Å². The molecule has 1 rings (SSSR count). The van der Waals surface area contributed by atoms with Crippen molar-refractivity contribution in [3.05, 3.63) is 30.3 Å². The maximum atomic E-state index is 11.8. The van der Waals surface area contributed by atoms with Crippen LogP contribution in [0.25, 0.3) is 0 Å². The molecule has 0 heterocycles. The molecule has 0 unspecified atom stereocenters. The van der Waals surface area contributed by atoms with Crippen LogP contribution in [-0.4, -0.2) is 14.2 Å². The molecular weight excluding hydrogens is 502 g/mol. The largest absolute Gasteiger partial charge is 0.382 e. The van der Waals surface area contributed by atoms with Crippen molar-refractivity contribution in [2.75, 3.05) is 5.75 Å². The molecule has 0 radical (unpaired) electrons. The molecule has 6 heteroatoms. The molecule has 0 saturated heterocycles. The van der Waals surface area contributed by atoms with Gasteiger partial charge in [-0.25, -0.2) is 0 Å². The summed E-state index contributed by atoms with van der Waals surface area (Å²) >= 11 is 0. The van der Waals surface area contributed by atoms with Crippen molar-refractivity contribution in [3.63, 3.8) is 0 Å². The van der Waals surface area contributed by atoms with E-state index in [9.17, 15) is 8.42 Å². The summed E-state index contributed by atoms with van der Waals surface area (Å²) in [6.07, 6.45) is 11.9. The van der Waals surface area contributed by atoms with E-state index >= 15 is 0 Å². The first kappa shape index (κ1) is 27.2. The fourth-order valence-electron chi connectivity index (χ4n) is 2.43. The van der Waals surface area contributed by atoms with Gasteiger partial charge in [-0.3, -0.25) is 0 Å². The Hall–Kier alpha value is 0.970. The van der Waals surface area contributed by atoms with Gasteiger partial charge in [0.2, 0.25) is 0 Å². The Bertz CT molecular complexity index is 480. The van der Waals surface area contributed by atoms with Crippen molar-refractivity contribution in [2.24, 2.45) is 0 Å². The molecular formula is C18H30CeO3SZn. The van der Waals surface area contributed by atoms with E-state index in [0.717, 1.165) is 12.8 Å². The number of unbranched alkanes of at least 4 members (excludes halogenated alkanes) is 9. The minimum atomic E-state index is -3.44. The zero-order chi connectivity index (χ0) is 16.1. The molecule has 0 aromatic heterocycles. The average molecular weight is 532 g/mol. The van der Waals surface area contributed by atoms with E-state index in [1.165, 1.54) is 44.9 Å². The Morgan fingerprint density at radius 2 is 1.25 bits per heavy atom. The molecule has 132 valence electrons. The Balaban J connectivity index is 0. The van der Waals surface area contributed by atoms with E-state index in [1.807, 2.05) is 6.07 Å². The van der Waals surface area contributed by atoms with Gasteiger partial charge in [-0.15, -0.1) is 0 Å². The summed E-state index contributed by atoms with van der Waals surface area (Å²) in [5, 5.41) is 0. The topological polar surface area (TPSA) is 43.4 Å². The van der Waals surface area contributed by atoms with Gasteiger partial charge in [-0.1, -0.05) is 82.9 Å². The first-order valence-electron chi connectivity index (χ1n) is 8.61. The van der Waals surface area contributed by atoms with E-state index < -0.39 is 10.1 Å². The molecule has 1 aromatic rings. The van der Waals surface area contributed by atoms with Crippen LogP contribution in [0.4, 0.5) is 0 Å². The standard InChI is InChI=1S/C18H30O3S.Ce.Zn/c1-2-3-4-5-6-7-8-9-10-14-17-22(19,20)21-18-15-12-11-13-16-18;;/h11-13,15-16H,2-10,14,17H2,1H3;;. The van der Waals surface area contributed by atoms with Crippen molar-refractivity contribution in [1.29, 1.82) is 0 Å². The third-order valence-electron chi connectivity index (χ3n) is 3.71. The molecule has 1 aromatic carbocycles. The first-order chi connectivity index (χ1) is 10.6. The summed E-state index contributed by atoms with van der Waals surface area (Å²) in [6.45, 7) is 2.23. The van der Waals surface area contributed by atoms with Crippen LogP contribution in [0, 0.1) is 41.7 Å². The molecule has 0 atom stereocenters. The van der Waals surface area contributed by atoms with Crippen molar-refractivity contribution in [1.82, 2.24) is 0 Å². The quantitative estimate of drug-likeness (QED) is 0.197. The van der Waals surface area contributed by atoms with Gasteiger partial charge in [0, 0.05) is 61.2 Å². The molecule has 24 heavy (non-hydrogen) atoms. The molecule has 0 aliphatic heterocycles. The van der Waals surface area contributed by atoms with Gasteiger partial charge in [-0.2, -0.15) is 8.42 Å². The van der Waals surface area contributed by atoms with Crippen molar-refractivity contribution >= 4 is 10.1 Å². The molecule has 0 aliphatic carbocycles. The second-order valence-electron chi connectivity index (χ2n) is 5.84. The van der Waals surface area contributed by atoms with Crippen LogP contribution in [0.3, 0.4) is 0 Å². The second kappa shape index (κ2) is 17.4. The fourth-order valence-corrected chi connectivity index (χ4v) is 3.48. The fraction of sp³-hybridized carbons (Fsp3) is 0.667. The number of rotatable bonds is 13. The Morgan fingerprint density at radius 3 is 1.75 bits per heavy atom. The predicted molar refractivity (Wildman–Crippen MR) is 92.7 cm³/mol. The molecule has 0 bridgehead atoms. The molecule has 0 aliphatic rings. The predicted octanol–water partition coefficient (Wildman–Crippen LogP) is 5.31. The molecule has 3 nitrogen and oxygen atoms in total. The van der Waals surface area contributed by atoms with Crippen LogP contribution in [-0.2, 0) is 29.6 Å². The number of hydrogen-bond acceptors (Lipinski definition) is 3. The summed E-state index contributed by atoms with van der Waals surface area (Å²) in [5.41, 5.74) is 0.